The molecule has 28 heavy (non-hydrogen) atoms. The van der Waals surface area contributed by atoms with Gasteiger partial charge < -0.3 is 19.6 Å². The molecular weight excluding hydrogens is 420 g/mol. The van der Waals surface area contributed by atoms with Crippen LogP contribution in [0.15, 0.2) is 40.9 Å². The molecule has 8 heteroatoms. The van der Waals surface area contributed by atoms with E-state index in [1.807, 2.05) is 35.2 Å². The number of hydrogen-bond donors (Lipinski definition) is 0. The highest BCUT2D eigenvalue weighted by atomic mass is 79.9. The third kappa shape index (κ3) is 4.28. The molecule has 2 fully saturated rings. The summed E-state index contributed by atoms with van der Waals surface area (Å²) in [6.45, 7) is 7.00. The number of amides is 1. The number of benzene rings is 1. The first-order valence-electron chi connectivity index (χ1n) is 9.67. The predicted molar refractivity (Wildman–Crippen MR) is 114 cm³/mol. The third-order valence-corrected chi connectivity index (χ3v) is 5.97. The molecule has 0 atom stereocenters. The summed E-state index contributed by atoms with van der Waals surface area (Å²) in [6.07, 6.45) is 0. The van der Waals surface area contributed by atoms with Gasteiger partial charge in [-0.1, -0.05) is 15.9 Å². The lowest BCUT2D eigenvalue weighted by Crippen LogP contribution is -2.49. The number of hydrogen-bond acceptors (Lipinski definition) is 6. The maximum atomic E-state index is 12.7. The van der Waals surface area contributed by atoms with E-state index in [0.717, 1.165) is 60.9 Å². The van der Waals surface area contributed by atoms with Crippen LogP contribution in [-0.4, -0.2) is 85.3 Å². The van der Waals surface area contributed by atoms with Gasteiger partial charge in [0.1, 0.15) is 0 Å². The van der Waals surface area contributed by atoms with Crippen molar-refractivity contribution in [2.45, 2.75) is 0 Å². The van der Waals surface area contributed by atoms with Crippen LogP contribution in [0.5, 0.6) is 0 Å². The summed E-state index contributed by atoms with van der Waals surface area (Å²) >= 11 is 3.41. The van der Waals surface area contributed by atoms with Gasteiger partial charge in [-0.05, 0) is 43.4 Å². The Bertz CT molecular complexity index is 796. The molecule has 1 aromatic heterocycles. The van der Waals surface area contributed by atoms with Crippen molar-refractivity contribution in [3.63, 3.8) is 0 Å². The number of aromatic nitrogens is 2. The normalized spacial score (nSPS) is 18.4. The van der Waals surface area contributed by atoms with Crippen LogP contribution in [-0.2, 0) is 0 Å². The fourth-order valence-corrected chi connectivity index (χ4v) is 3.87. The largest absolute Gasteiger partial charge is 0.353 e. The van der Waals surface area contributed by atoms with Crippen molar-refractivity contribution >= 4 is 33.5 Å². The Kier molecular flexibility index (Phi) is 5.77. The van der Waals surface area contributed by atoms with Gasteiger partial charge >= 0.3 is 0 Å². The van der Waals surface area contributed by atoms with Gasteiger partial charge in [0.2, 0.25) is 0 Å². The van der Waals surface area contributed by atoms with Crippen molar-refractivity contribution in [2.75, 3.05) is 69.2 Å². The Morgan fingerprint density at radius 3 is 1.79 bits per heavy atom. The Balaban J connectivity index is 1.33. The second kappa shape index (κ2) is 8.45. The van der Waals surface area contributed by atoms with E-state index in [2.05, 4.69) is 53.9 Å². The van der Waals surface area contributed by atoms with Gasteiger partial charge in [-0.2, -0.15) is 0 Å². The molecule has 148 valence electrons. The van der Waals surface area contributed by atoms with Crippen LogP contribution in [0.1, 0.15) is 10.4 Å². The molecule has 4 rings (SSSR count). The number of anilines is 2. The number of halogens is 1. The average Bonchev–Trinajstić information content (AvgIpc) is 2.75. The molecule has 2 aliphatic rings. The van der Waals surface area contributed by atoms with Crippen LogP contribution < -0.4 is 9.80 Å². The summed E-state index contributed by atoms with van der Waals surface area (Å²) in [5.41, 5.74) is 0.730. The Labute approximate surface area is 174 Å². The van der Waals surface area contributed by atoms with Crippen molar-refractivity contribution in [3.05, 3.63) is 46.4 Å². The highest BCUT2D eigenvalue weighted by molar-refractivity contribution is 9.10. The lowest BCUT2D eigenvalue weighted by molar-refractivity contribution is 0.0746. The van der Waals surface area contributed by atoms with Crippen LogP contribution in [0, 0.1) is 0 Å². The van der Waals surface area contributed by atoms with Gasteiger partial charge in [0.05, 0.1) is 0 Å². The molecule has 0 unspecified atom stereocenters. The molecule has 0 aliphatic carbocycles. The standard InChI is InChI=1S/C20H25BrN6O/c1-24-8-10-25(11-9-24)18-6-7-19(23-22-18)26-12-14-27(15-13-26)20(28)16-2-4-17(21)5-3-16/h2-7H,8-15H2,1H3. The molecule has 0 spiro atoms. The van der Waals surface area contributed by atoms with Gasteiger partial charge in [-0.15, -0.1) is 10.2 Å². The van der Waals surface area contributed by atoms with E-state index in [-0.39, 0.29) is 5.91 Å². The lowest BCUT2D eigenvalue weighted by Gasteiger charge is -2.36. The van der Waals surface area contributed by atoms with E-state index in [4.69, 9.17) is 0 Å². The molecule has 1 amide bonds. The maximum Gasteiger partial charge on any atom is 0.253 e. The van der Waals surface area contributed by atoms with E-state index in [0.29, 0.717) is 13.1 Å². The van der Waals surface area contributed by atoms with E-state index < -0.39 is 0 Å². The first-order valence-corrected chi connectivity index (χ1v) is 10.5. The summed E-state index contributed by atoms with van der Waals surface area (Å²) in [5, 5.41) is 8.89. The zero-order valence-electron chi connectivity index (χ0n) is 16.1. The number of nitrogens with zero attached hydrogens (tertiary/aromatic N) is 6. The molecule has 0 N–H and O–H groups in total. The Morgan fingerprint density at radius 1 is 0.786 bits per heavy atom. The number of rotatable bonds is 3. The second-order valence-electron chi connectivity index (χ2n) is 7.33. The van der Waals surface area contributed by atoms with E-state index in [9.17, 15) is 4.79 Å². The average molecular weight is 445 g/mol. The minimum atomic E-state index is 0.0867. The molecule has 7 nitrogen and oxygen atoms in total. The lowest BCUT2D eigenvalue weighted by atomic mass is 10.2. The fraction of sp³-hybridized carbons (Fsp3) is 0.450. The van der Waals surface area contributed by atoms with Gasteiger partial charge in [0.25, 0.3) is 5.91 Å². The first kappa shape index (κ1) is 19.1. The van der Waals surface area contributed by atoms with Crippen molar-refractivity contribution in [1.29, 1.82) is 0 Å². The monoisotopic (exact) mass is 444 g/mol. The van der Waals surface area contributed by atoms with Gasteiger partial charge in [0, 0.05) is 62.4 Å². The van der Waals surface area contributed by atoms with Crippen LogP contribution in [0.4, 0.5) is 11.6 Å². The maximum absolute atomic E-state index is 12.7. The molecule has 2 aromatic rings. The quantitative estimate of drug-likeness (QED) is 0.720. The molecule has 2 saturated heterocycles. The third-order valence-electron chi connectivity index (χ3n) is 5.45. The molecule has 2 aliphatic heterocycles. The second-order valence-corrected chi connectivity index (χ2v) is 8.24. The zero-order valence-corrected chi connectivity index (χ0v) is 17.7. The zero-order chi connectivity index (χ0) is 19.5. The Hall–Kier alpha value is -2.19. The van der Waals surface area contributed by atoms with Crippen molar-refractivity contribution in [3.8, 4) is 0 Å². The summed E-state index contributed by atoms with van der Waals surface area (Å²) in [7, 11) is 2.15. The minimum absolute atomic E-state index is 0.0867. The molecule has 0 saturated carbocycles. The van der Waals surface area contributed by atoms with Crippen LogP contribution in [0.25, 0.3) is 0 Å². The summed E-state index contributed by atoms with van der Waals surface area (Å²) in [5.74, 6) is 1.91. The minimum Gasteiger partial charge on any atom is -0.353 e. The van der Waals surface area contributed by atoms with Crippen molar-refractivity contribution in [1.82, 2.24) is 20.0 Å². The van der Waals surface area contributed by atoms with Crippen LogP contribution in [0.2, 0.25) is 0 Å². The summed E-state index contributed by atoms with van der Waals surface area (Å²) in [4.78, 5) is 21.4. The fourth-order valence-electron chi connectivity index (χ4n) is 3.60. The van der Waals surface area contributed by atoms with Crippen LogP contribution in [0.3, 0.4) is 0 Å². The Morgan fingerprint density at radius 2 is 1.29 bits per heavy atom. The summed E-state index contributed by atoms with van der Waals surface area (Å²) in [6, 6.07) is 11.6. The van der Waals surface area contributed by atoms with Gasteiger partial charge in [-0.25, -0.2) is 0 Å². The van der Waals surface area contributed by atoms with Gasteiger partial charge in [-0.3, -0.25) is 4.79 Å². The number of likely N-dealkylation sites (N-methyl/N-ethyl adjacent to an activating group) is 1. The molecule has 0 bridgehead atoms. The van der Waals surface area contributed by atoms with Gasteiger partial charge in [0.15, 0.2) is 11.6 Å². The van der Waals surface area contributed by atoms with E-state index in [1.165, 1.54) is 0 Å². The molecule has 3 heterocycles. The number of carbonyl (C=O) groups is 1. The molecule has 0 radical (unpaired) electrons. The summed E-state index contributed by atoms with van der Waals surface area (Å²) < 4.78 is 0.979. The van der Waals surface area contributed by atoms with Crippen molar-refractivity contribution in [2.24, 2.45) is 0 Å². The molecule has 1 aromatic carbocycles. The topological polar surface area (TPSA) is 55.8 Å². The van der Waals surface area contributed by atoms with E-state index >= 15 is 0 Å². The predicted octanol–water partition coefficient (Wildman–Crippen LogP) is 1.95. The number of carbonyl (C=O) groups excluding carboxylic acids is 1. The first-order chi connectivity index (χ1) is 13.6. The van der Waals surface area contributed by atoms with Crippen molar-refractivity contribution < 1.29 is 4.79 Å². The number of piperazine rings is 2. The smallest absolute Gasteiger partial charge is 0.253 e. The molecular formula is C20H25BrN6O. The van der Waals surface area contributed by atoms with Crippen LogP contribution >= 0.6 is 15.9 Å². The van der Waals surface area contributed by atoms with E-state index in [1.54, 1.807) is 0 Å². The highest BCUT2D eigenvalue weighted by Crippen LogP contribution is 2.19. The highest BCUT2D eigenvalue weighted by Gasteiger charge is 2.23. The SMILES string of the molecule is CN1CCN(c2ccc(N3CCN(C(=O)c4ccc(Br)cc4)CC3)nn2)CC1.